The number of rotatable bonds is 1. The summed E-state index contributed by atoms with van der Waals surface area (Å²) in [4.78, 5) is 0. The maximum absolute atomic E-state index is 5.46. The lowest BCUT2D eigenvalue weighted by molar-refractivity contribution is 0.439. The number of hydrogen-bond donors (Lipinski definition) is 1. The average molecular weight is 253 g/mol. The van der Waals surface area contributed by atoms with Gasteiger partial charge in [0.1, 0.15) is 5.69 Å². The van der Waals surface area contributed by atoms with Gasteiger partial charge in [-0.3, -0.25) is 0 Å². The number of aryl methyl sites for hydroxylation is 1. The van der Waals surface area contributed by atoms with Crippen LogP contribution in [0.2, 0.25) is 0 Å². The molecule has 0 saturated heterocycles. The quantitative estimate of drug-likeness (QED) is 0.849. The minimum Gasteiger partial charge on any atom is -0.368 e. The van der Waals surface area contributed by atoms with Crippen LogP contribution in [0.5, 0.6) is 0 Å². The third-order valence-electron chi connectivity index (χ3n) is 1.99. The zero-order chi connectivity index (χ0) is 10.1. The van der Waals surface area contributed by atoms with Crippen LogP contribution in [0.25, 0.3) is 11.3 Å². The summed E-state index contributed by atoms with van der Waals surface area (Å²) in [6, 6.07) is 7.69. The fraction of sp³-hybridized carbons (Fsp3) is 0.100. The van der Waals surface area contributed by atoms with E-state index in [1.807, 2.05) is 25.1 Å². The Morgan fingerprint density at radius 1 is 1.36 bits per heavy atom. The molecule has 0 aliphatic heterocycles. The van der Waals surface area contributed by atoms with Crippen LogP contribution in [0.1, 0.15) is 5.56 Å². The lowest BCUT2D eigenvalue weighted by Gasteiger charge is -2.01. The molecule has 2 aromatic rings. The van der Waals surface area contributed by atoms with E-state index in [1.165, 1.54) is 0 Å². The van der Waals surface area contributed by atoms with Crippen molar-refractivity contribution in [3.8, 4) is 11.3 Å². The first-order valence-electron chi connectivity index (χ1n) is 4.15. The molecule has 1 aromatic carbocycles. The third-order valence-corrected chi connectivity index (χ3v) is 2.49. The van der Waals surface area contributed by atoms with E-state index in [9.17, 15) is 0 Å². The van der Waals surface area contributed by atoms with Crippen molar-refractivity contribution in [3.05, 3.63) is 34.3 Å². The van der Waals surface area contributed by atoms with Gasteiger partial charge in [0.2, 0.25) is 5.88 Å². The largest absolute Gasteiger partial charge is 0.368 e. The molecule has 0 bridgehead atoms. The normalized spacial score (nSPS) is 10.4. The van der Waals surface area contributed by atoms with Gasteiger partial charge in [0, 0.05) is 16.1 Å². The summed E-state index contributed by atoms with van der Waals surface area (Å²) in [5.74, 6) is 0.335. The Kier molecular flexibility index (Phi) is 2.29. The smallest absolute Gasteiger partial charge is 0.222 e. The SMILES string of the molecule is Cc1cc(Br)ccc1-c1cc(N)on1. The van der Waals surface area contributed by atoms with Gasteiger partial charge in [-0.1, -0.05) is 27.2 Å². The van der Waals surface area contributed by atoms with Crippen molar-refractivity contribution in [3.63, 3.8) is 0 Å². The van der Waals surface area contributed by atoms with Crippen molar-refractivity contribution in [2.75, 3.05) is 5.73 Å². The van der Waals surface area contributed by atoms with E-state index in [0.717, 1.165) is 21.3 Å². The molecule has 4 heteroatoms. The van der Waals surface area contributed by atoms with Gasteiger partial charge in [0.05, 0.1) is 0 Å². The van der Waals surface area contributed by atoms with Crippen LogP contribution in [-0.4, -0.2) is 5.16 Å². The van der Waals surface area contributed by atoms with Gasteiger partial charge in [0.15, 0.2) is 0 Å². The summed E-state index contributed by atoms with van der Waals surface area (Å²) in [6.45, 7) is 2.02. The molecule has 0 radical (unpaired) electrons. The number of nitrogens with zero attached hydrogens (tertiary/aromatic N) is 1. The zero-order valence-corrected chi connectivity index (χ0v) is 9.21. The standard InChI is InChI=1S/C10H9BrN2O/c1-6-4-7(11)2-3-8(6)9-5-10(12)14-13-9/h2-5H,12H2,1H3. The molecule has 1 aromatic heterocycles. The van der Waals surface area contributed by atoms with E-state index < -0.39 is 0 Å². The number of halogens is 1. The molecule has 0 unspecified atom stereocenters. The molecule has 1 heterocycles. The van der Waals surface area contributed by atoms with Gasteiger partial charge in [0.25, 0.3) is 0 Å². The van der Waals surface area contributed by atoms with Crippen LogP contribution in [0.4, 0.5) is 5.88 Å². The Balaban J connectivity index is 2.52. The van der Waals surface area contributed by atoms with E-state index in [-0.39, 0.29) is 0 Å². The Morgan fingerprint density at radius 2 is 2.14 bits per heavy atom. The van der Waals surface area contributed by atoms with Gasteiger partial charge in [-0.25, -0.2) is 0 Å². The first-order valence-corrected chi connectivity index (χ1v) is 4.95. The fourth-order valence-electron chi connectivity index (χ4n) is 1.33. The summed E-state index contributed by atoms with van der Waals surface area (Å²) >= 11 is 3.41. The van der Waals surface area contributed by atoms with Crippen molar-refractivity contribution in [2.24, 2.45) is 0 Å². The lowest BCUT2D eigenvalue weighted by Crippen LogP contribution is -1.82. The van der Waals surface area contributed by atoms with E-state index in [0.29, 0.717) is 5.88 Å². The molecule has 2 rings (SSSR count). The summed E-state index contributed by atoms with van der Waals surface area (Å²) < 4.78 is 5.87. The van der Waals surface area contributed by atoms with Crippen molar-refractivity contribution in [1.82, 2.24) is 5.16 Å². The predicted molar refractivity (Wildman–Crippen MR) is 58.8 cm³/mol. The lowest BCUT2D eigenvalue weighted by atomic mass is 10.1. The van der Waals surface area contributed by atoms with E-state index in [4.69, 9.17) is 10.3 Å². The summed E-state index contributed by atoms with van der Waals surface area (Å²) in [5.41, 5.74) is 8.40. The van der Waals surface area contributed by atoms with Gasteiger partial charge >= 0.3 is 0 Å². The molecular formula is C10H9BrN2O. The number of anilines is 1. The highest BCUT2D eigenvalue weighted by Gasteiger charge is 2.06. The molecule has 0 aliphatic carbocycles. The molecular weight excluding hydrogens is 244 g/mol. The van der Waals surface area contributed by atoms with Gasteiger partial charge < -0.3 is 10.3 Å². The Morgan fingerprint density at radius 3 is 2.71 bits per heavy atom. The molecule has 0 saturated carbocycles. The zero-order valence-electron chi connectivity index (χ0n) is 7.62. The average Bonchev–Trinajstić information content (AvgIpc) is 2.51. The highest BCUT2D eigenvalue weighted by Crippen LogP contribution is 2.26. The molecule has 0 fully saturated rings. The number of nitrogen functional groups attached to an aromatic ring is 1. The van der Waals surface area contributed by atoms with Gasteiger partial charge in [-0.15, -0.1) is 0 Å². The first-order chi connectivity index (χ1) is 6.66. The minimum atomic E-state index is 0.335. The molecule has 0 amide bonds. The van der Waals surface area contributed by atoms with Gasteiger partial charge in [-0.2, -0.15) is 0 Å². The Hall–Kier alpha value is -1.29. The molecule has 3 nitrogen and oxygen atoms in total. The minimum absolute atomic E-state index is 0.335. The molecule has 0 aliphatic rings. The van der Waals surface area contributed by atoms with Crippen LogP contribution in [0.15, 0.2) is 33.3 Å². The molecule has 0 atom stereocenters. The Labute approximate surface area is 90.0 Å². The van der Waals surface area contributed by atoms with E-state index >= 15 is 0 Å². The fourth-order valence-corrected chi connectivity index (χ4v) is 1.81. The maximum atomic E-state index is 5.46. The molecule has 0 spiro atoms. The maximum Gasteiger partial charge on any atom is 0.222 e. The summed E-state index contributed by atoms with van der Waals surface area (Å²) in [7, 11) is 0. The number of benzene rings is 1. The van der Waals surface area contributed by atoms with E-state index in [2.05, 4.69) is 21.1 Å². The highest BCUT2D eigenvalue weighted by molar-refractivity contribution is 9.10. The third kappa shape index (κ3) is 1.65. The van der Waals surface area contributed by atoms with Crippen LogP contribution in [0, 0.1) is 6.92 Å². The van der Waals surface area contributed by atoms with Gasteiger partial charge in [-0.05, 0) is 24.6 Å². The second kappa shape index (κ2) is 3.46. The predicted octanol–water partition coefficient (Wildman–Crippen LogP) is 2.99. The van der Waals surface area contributed by atoms with Crippen molar-refractivity contribution < 1.29 is 4.52 Å². The number of nitrogens with two attached hydrogens (primary N) is 1. The number of hydrogen-bond acceptors (Lipinski definition) is 3. The van der Waals surface area contributed by atoms with Crippen LogP contribution in [0.3, 0.4) is 0 Å². The van der Waals surface area contributed by atoms with Crippen LogP contribution in [-0.2, 0) is 0 Å². The van der Waals surface area contributed by atoms with Crippen LogP contribution < -0.4 is 5.73 Å². The first kappa shape index (κ1) is 9.27. The monoisotopic (exact) mass is 252 g/mol. The molecule has 14 heavy (non-hydrogen) atoms. The Bertz CT molecular complexity index is 465. The van der Waals surface area contributed by atoms with Crippen LogP contribution >= 0.6 is 15.9 Å². The topological polar surface area (TPSA) is 52.0 Å². The summed E-state index contributed by atoms with van der Waals surface area (Å²) in [6.07, 6.45) is 0. The highest BCUT2D eigenvalue weighted by atomic mass is 79.9. The van der Waals surface area contributed by atoms with E-state index in [1.54, 1.807) is 6.07 Å². The van der Waals surface area contributed by atoms with Crippen molar-refractivity contribution >= 4 is 21.8 Å². The van der Waals surface area contributed by atoms with Crippen molar-refractivity contribution in [1.29, 1.82) is 0 Å². The second-order valence-electron chi connectivity index (χ2n) is 3.07. The number of aromatic nitrogens is 1. The van der Waals surface area contributed by atoms with Crippen molar-refractivity contribution in [2.45, 2.75) is 6.92 Å². The molecule has 2 N–H and O–H groups in total. The second-order valence-corrected chi connectivity index (χ2v) is 3.99. The molecule has 72 valence electrons. The summed E-state index contributed by atoms with van der Waals surface area (Å²) in [5, 5.41) is 3.86.